The zero-order valence-corrected chi connectivity index (χ0v) is 15.1. The topological polar surface area (TPSA) is 41.9 Å². The number of anilines is 1. The van der Waals surface area contributed by atoms with E-state index in [1.165, 1.54) is 23.0 Å². The number of nitrogens with zero attached hydrogens (tertiary/aromatic N) is 4. The van der Waals surface area contributed by atoms with Crippen molar-refractivity contribution in [2.24, 2.45) is 0 Å². The molecule has 0 saturated heterocycles. The fourth-order valence-corrected chi connectivity index (χ4v) is 3.03. The van der Waals surface area contributed by atoms with Gasteiger partial charge in [0.2, 0.25) is 0 Å². The van der Waals surface area contributed by atoms with Crippen molar-refractivity contribution in [1.82, 2.24) is 15.0 Å². The molecule has 0 bridgehead atoms. The third-order valence-electron chi connectivity index (χ3n) is 3.10. The Balaban J connectivity index is 0.000000185. The van der Waals surface area contributed by atoms with E-state index >= 15 is 0 Å². The molecule has 120 valence electrons. The van der Waals surface area contributed by atoms with E-state index in [1.54, 1.807) is 17.5 Å². The third kappa shape index (κ3) is 5.14. The molecule has 0 saturated carbocycles. The number of aryl methyl sites for hydroxylation is 3. The second kappa shape index (κ2) is 7.83. The van der Waals surface area contributed by atoms with E-state index in [4.69, 9.17) is 0 Å². The van der Waals surface area contributed by atoms with Gasteiger partial charge in [0.1, 0.15) is 22.0 Å². The largest absolute Gasteiger partial charge is 0.368 e. The van der Waals surface area contributed by atoms with Crippen LogP contribution in [0.4, 0.5) is 5.00 Å². The summed E-state index contributed by atoms with van der Waals surface area (Å²) in [6, 6.07) is 8.42. The quantitative estimate of drug-likeness (QED) is 0.705. The molecule has 5 heteroatoms. The van der Waals surface area contributed by atoms with Crippen LogP contribution in [-0.2, 0) is 0 Å². The van der Waals surface area contributed by atoms with Gasteiger partial charge < -0.3 is 4.90 Å². The van der Waals surface area contributed by atoms with E-state index in [9.17, 15) is 0 Å². The lowest BCUT2D eigenvalue weighted by Crippen LogP contribution is -2.05. The van der Waals surface area contributed by atoms with Crippen molar-refractivity contribution in [2.45, 2.75) is 20.8 Å². The maximum absolute atomic E-state index is 4.29. The average Bonchev–Trinajstić information content (AvgIpc) is 2.97. The molecule has 2 aromatic heterocycles. The second-order valence-electron chi connectivity index (χ2n) is 5.66. The van der Waals surface area contributed by atoms with Gasteiger partial charge in [-0.1, -0.05) is 46.2 Å². The Morgan fingerprint density at radius 2 is 1.52 bits per heavy atom. The molecule has 0 radical (unpaired) electrons. The van der Waals surface area contributed by atoms with Crippen molar-refractivity contribution in [3.8, 4) is 10.7 Å². The van der Waals surface area contributed by atoms with Crippen LogP contribution in [0.2, 0.25) is 0 Å². The summed E-state index contributed by atoms with van der Waals surface area (Å²) < 4.78 is 0. The Morgan fingerprint density at radius 1 is 0.913 bits per heavy atom. The van der Waals surface area contributed by atoms with Crippen LogP contribution in [0.5, 0.6) is 0 Å². The Morgan fingerprint density at radius 3 is 1.96 bits per heavy atom. The van der Waals surface area contributed by atoms with Crippen LogP contribution in [0.15, 0.2) is 43.0 Å². The molecule has 0 atom stereocenters. The van der Waals surface area contributed by atoms with Crippen LogP contribution in [0, 0.1) is 20.8 Å². The van der Waals surface area contributed by atoms with Crippen molar-refractivity contribution in [2.75, 3.05) is 19.0 Å². The number of thiazole rings is 1. The first kappa shape index (κ1) is 17.1. The van der Waals surface area contributed by atoms with Crippen molar-refractivity contribution in [3.63, 3.8) is 0 Å². The normalized spacial score (nSPS) is 9.96. The molecule has 3 rings (SSSR count). The lowest BCUT2D eigenvalue weighted by atomic mass is 10.1. The fraction of sp³-hybridized carbons (Fsp3) is 0.278. The van der Waals surface area contributed by atoms with E-state index in [-0.39, 0.29) is 0 Å². The summed E-state index contributed by atoms with van der Waals surface area (Å²) in [5.74, 6) is 0. The molecule has 3 aromatic rings. The lowest BCUT2D eigenvalue weighted by Gasteiger charge is -2.05. The van der Waals surface area contributed by atoms with E-state index in [2.05, 4.69) is 53.9 Å². The monoisotopic (exact) mass is 326 g/mol. The van der Waals surface area contributed by atoms with Crippen LogP contribution < -0.4 is 4.90 Å². The summed E-state index contributed by atoms with van der Waals surface area (Å²) in [4.78, 5) is 14.3. The minimum atomic E-state index is 0.873. The molecule has 0 fully saturated rings. The number of benzene rings is 1. The van der Waals surface area contributed by atoms with Gasteiger partial charge in [-0.3, -0.25) is 0 Å². The van der Waals surface area contributed by atoms with E-state index in [0.29, 0.717) is 0 Å². The van der Waals surface area contributed by atoms with Gasteiger partial charge in [-0.25, -0.2) is 15.0 Å². The highest BCUT2D eigenvalue weighted by atomic mass is 32.1. The molecule has 23 heavy (non-hydrogen) atoms. The van der Waals surface area contributed by atoms with Gasteiger partial charge in [0.25, 0.3) is 0 Å². The first-order valence-electron chi connectivity index (χ1n) is 7.40. The summed E-state index contributed by atoms with van der Waals surface area (Å²) in [5.41, 5.74) is 4.94. The molecule has 0 N–H and O–H groups in total. The molecule has 0 aliphatic carbocycles. The highest BCUT2D eigenvalue weighted by Gasteiger charge is 2.06. The zero-order chi connectivity index (χ0) is 16.8. The Hall–Kier alpha value is -2.27. The first-order chi connectivity index (χ1) is 11.0. The molecule has 0 aliphatic rings. The molecule has 0 amide bonds. The van der Waals surface area contributed by atoms with Crippen LogP contribution in [0.1, 0.15) is 16.7 Å². The van der Waals surface area contributed by atoms with Gasteiger partial charge in [-0.2, -0.15) is 0 Å². The summed E-state index contributed by atoms with van der Waals surface area (Å²) in [7, 11) is 3.99. The van der Waals surface area contributed by atoms with Crippen LogP contribution in [0.25, 0.3) is 10.7 Å². The van der Waals surface area contributed by atoms with Crippen molar-refractivity contribution in [1.29, 1.82) is 0 Å². The van der Waals surface area contributed by atoms with E-state index in [0.717, 1.165) is 15.7 Å². The SMILES string of the molecule is CN(C)c1cnc(-c2ccncn2)s1.Cc1cc(C)cc(C)c1. The van der Waals surface area contributed by atoms with E-state index < -0.39 is 0 Å². The second-order valence-corrected chi connectivity index (χ2v) is 6.67. The smallest absolute Gasteiger partial charge is 0.143 e. The number of hydrogen-bond acceptors (Lipinski definition) is 5. The maximum atomic E-state index is 4.29. The van der Waals surface area contributed by atoms with Crippen LogP contribution in [-0.4, -0.2) is 29.0 Å². The predicted octanol–water partition coefficient (Wildman–Crippen LogP) is 4.28. The molecular weight excluding hydrogens is 304 g/mol. The van der Waals surface area contributed by atoms with Crippen LogP contribution >= 0.6 is 11.3 Å². The van der Waals surface area contributed by atoms with Crippen molar-refractivity contribution < 1.29 is 0 Å². The summed E-state index contributed by atoms with van der Waals surface area (Å²) in [5, 5.41) is 2.05. The number of rotatable bonds is 2. The summed E-state index contributed by atoms with van der Waals surface area (Å²) in [6.45, 7) is 6.38. The number of hydrogen-bond donors (Lipinski definition) is 0. The number of aromatic nitrogens is 3. The summed E-state index contributed by atoms with van der Waals surface area (Å²) >= 11 is 1.62. The van der Waals surface area contributed by atoms with Crippen LogP contribution in [0.3, 0.4) is 0 Å². The minimum Gasteiger partial charge on any atom is -0.368 e. The lowest BCUT2D eigenvalue weighted by molar-refractivity contribution is 1.14. The predicted molar refractivity (Wildman–Crippen MR) is 98.1 cm³/mol. The fourth-order valence-electron chi connectivity index (χ4n) is 2.21. The van der Waals surface area contributed by atoms with E-state index in [1.807, 2.05) is 31.3 Å². The molecule has 2 heterocycles. The standard InChI is InChI=1S/C9H10N4S.C9H12/c1-13(2)8-5-11-9(14-8)7-3-4-10-6-12-7;1-7-4-8(2)6-9(3)5-7/h3-6H,1-2H3;4-6H,1-3H3. The Kier molecular flexibility index (Phi) is 5.82. The van der Waals surface area contributed by atoms with Gasteiger partial charge in [0.15, 0.2) is 0 Å². The van der Waals surface area contributed by atoms with Gasteiger partial charge in [0.05, 0.1) is 6.20 Å². The van der Waals surface area contributed by atoms with Crippen molar-refractivity contribution >= 4 is 16.3 Å². The molecular formula is C18H22N4S. The highest BCUT2D eigenvalue weighted by Crippen LogP contribution is 2.27. The van der Waals surface area contributed by atoms with Gasteiger partial charge in [-0.05, 0) is 26.8 Å². The zero-order valence-electron chi connectivity index (χ0n) is 14.2. The minimum absolute atomic E-state index is 0.873. The Labute approximate surface area is 141 Å². The highest BCUT2D eigenvalue weighted by molar-refractivity contribution is 7.18. The molecule has 4 nitrogen and oxygen atoms in total. The van der Waals surface area contributed by atoms with Gasteiger partial charge >= 0.3 is 0 Å². The first-order valence-corrected chi connectivity index (χ1v) is 8.22. The molecule has 0 aliphatic heterocycles. The molecule has 0 spiro atoms. The molecule has 0 unspecified atom stereocenters. The summed E-state index contributed by atoms with van der Waals surface area (Å²) in [6.07, 6.45) is 5.10. The van der Waals surface area contributed by atoms with Crippen molar-refractivity contribution in [3.05, 3.63) is 59.7 Å². The van der Waals surface area contributed by atoms with Gasteiger partial charge in [-0.15, -0.1) is 0 Å². The molecule has 1 aromatic carbocycles. The van der Waals surface area contributed by atoms with Gasteiger partial charge in [0, 0.05) is 20.3 Å². The maximum Gasteiger partial charge on any atom is 0.143 e. The Bertz CT molecular complexity index is 700. The average molecular weight is 326 g/mol. The third-order valence-corrected chi connectivity index (χ3v) is 4.29.